The van der Waals surface area contributed by atoms with Crippen LogP contribution in [0.1, 0.15) is 39.5 Å². The van der Waals surface area contributed by atoms with E-state index in [2.05, 4.69) is 25.8 Å². The molecule has 0 aromatic carbocycles. The number of amides is 2. The Kier molecular flexibility index (Phi) is 5.68. The van der Waals surface area contributed by atoms with Gasteiger partial charge in [-0.15, -0.1) is 0 Å². The lowest BCUT2D eigenvalue weighted by molar-refractivity contribution is -0.127. The first-order valence-electron chi connectivity index (χ1n) is 7.83. The zero-order chi connectivity index (χ0) is 18.4. The number of H-pyrrole nitrogens is 1. The third-order valence-corrected chi connectivity index (χ3v) is 3.06. The van der Waals surface area contributed by atoms with E-state index >= 15 is 0 Å². The van der Waals surface area contributed by atoms with Crippen LogP contribution in [0.25, 0.3) is 11.4 Å². The first kappa shape index (κ1) is 18.4. The Bertz CT molecular complexity index is 803. The maximum Gasteiger partial charge on any atom is 0.259 e. The van der Waals surface area contributed by atoms with Crippen LogP contribution in [0.3, 0.4) is 0 Å². The molecule has 3 N–H and O–H groups in total. The Morgan fingerprint density at radius 1 is 1.24 bits per heavy atom. The minimum atomic E-state index is -0.330. The smallest absolute Gasteiger partial charge is 0.259 e. The Balaban J connectivity index is 1.82. The zero-order valence-electron chi connectivity index (χ0n) is 14.4. The summed E-state index contributed by atoms with van der Waals surface area (Å²) in [6.45, 7) is 5.64. The first-order chi connectivity index (χ1) is 11.7. The summed E-state index contributed by atoms with van der Waals surface area (Å²) in [5.74, 6) is -0.172. The third kappa shape index (κ3) is 5.87. The average Bonchev–Trinajstić information content (AvgIpc) is 2.98. The molecule has 0 unspecified atom stereocenters. The number of aromatic amines is 1. The van der Waals surface area contributed by atoms with Crippen molar-refractivity contribution in [1.82, 2.24) is 25.8 Å². The molecule has 0 saturated heterocycles. The molecule has 0 radical (unpaired) electrons. The number of pyridine rings is 1. The van der Waals surface area contributed by atoms with Gasteiger partial charge in [0.1, 0.15) is 0 Å². The molecule has 25 heavy (non-hydrogen) atoms. The summed E-state index contributed by atoms with van der Waals surface area (Å²) >= 11 is 0. The number of nitrogens with zero attached hydrogens (tertiary/aromatic N) is 2. The van der Waals surface area contributed by atoms with E-state index < -0.39 is 0 Å². The van der Waals surface area contributed by atoms with E-state index in [1.807, 2.05) is 20.8 Å². The summed E-state index contributed by atoms with van der Waals surface area (Å²) < 4.78 is 5.01. The van der Waals surface area contributed by atoms with Crippen LogP contribution >= 0.6 is 0 Å². The van der Waals surface area contributed by atoms with Crippen LogP contribution in [0.15, 0.2) is 27.6 Å². The molecule has 2 heterocycles. The van der Waals surface area contributed by atoms with Gasteiger partial charge in [-0.05, 0) is 32.9 Å². The van der Waals surface area contributed by atoms with Crippen molar-refractivity contribution in [3.05, 3.63) is 34.6 Å². The van der Waals surface area contributed by atoms with Gasteiger partial charge < -0.3 is 20.1 Å². The van der Waals surface area contributed by atoms with Gasteiger partial charge in [0.25, 0.3) is 5.56 Å². The Labute approximate surface area is 144 Å². The SMILES string of the molecule is CC(C)(C)NC(=O)CCC(=O)NCc1nc(-c2ccc[nH]c2=O)no1. The largest absolute Gasteiger partial charge is 0.351 e. The molecule has 2 aromatic heterocycles. The molecule has 2 amide bonds. The zero-order valence-corrected chi connectivity index (χ0v) is 14.4. The van der Waals surface area contributed by atoms with Gasteiger partial charge in [-0.25, -0.2) is 0 Å². The molecule has 0 fully saturated rings. The van der Waals surface area contributed by atoms with Crippen molar-refractivity contribution in [2.24, 2.45) is 0 Å². The lowest BCUT2D eigenvalue weighted by Crippen LogP contribution is -2.41. The monoisotopic (exact) mass is 347 g/mol. The van der Waals surface area contributed by atoms with E-state index in [4.69, 9.17) is 4.52 Å². The highest BCUT2D eigenvalue weighted by atomic mass is 16.5. The number of hydrogen-bond donors (Lipinski definition) is 3. The molecule has 0 aliphatic heterocycles. The van der Waals surface area contributed by atoms with Crippen LogP contribution in [-0.2, 0) is 16.1 Å². The summed E-state index contributed by atoms with van der Waals surface area (Å²) in [5.41, 5.74) is -0.380. The van der Waals surface area contributed by atoms with Crippen LogP contribution in [0.5, 0.6) is 0 Å². The highest BCUT2D eigenvalue weighted by Crippen LogP contribution is 2.10. The molecule has 9 heteroatoms. The minimum absolute atomic E-state index is 0.0253. The molecule has 0 saturated carbocycles. The van der Waals surface area contributed by atoms with Gasteiger partial charge in [0.05, 0.1) is 12.1 Å². The second-order valence-corrected chi connectivity index (χ2v) is 6.50. The van der Waals surface area contributed by atoms with Gasteiger partial charge in [0, 0.05) is 24.6 Å². The number of aromatic nitrogens is 3. The maximum absolute atomic E-state index is 11.8. The molecule has 9 nitrogen and oxygen atoms in total. The predicted molar refractivity (Wildman–Crippen MR) is 89.3 cm³/mol. The summed E-state index contributed by atoms with van der Waals surface area (Å²) in [5, 5.41) is 9.10. The van der Waals surface area contributed by atoms with Crippen molar-refractivity contribution < 1.29 is 14.1 Å². The van der Waals surface area contributed by atoms with E-state index in [0.29, 0.717) is 0 Å². The normalized spacial score (nSPS) is 11.2. The van der Waals surface area contributed by atoms with Crippen LogP contribution in [-0.4, -0.2) is 32.5 Å². The van der Waals surface area contributed by atoms with Crippen molar-refractivity contribution >= 4 is 11.8 Å². The molecular weight excluding hydrogens is 326 g/mol. The van der Waals surface area contributed by atoms with Gasteiger partial charge >= 0.3 is 0 Å². The van der Waals surface area contributed by atoms with Gasteiger partial charge in [0.2, 0.25) is 23.5 Å². The number of hydrogen-bond acceptors (Lipinski definition) is 6. The molecule has 0 atom stereocenters. The lowest BCUT2D eigenvalue weighted by atomic mass is 10.1. The van der Waals surface area contributed by atoms with Crippen LogP contribution in [0, 0.1) is 0 Å². The average molecular weight is 347 g/mol. The van der Waals surface area contributed by atoms with Crippen LogP contribution in [0.2, 0.25) is 0 Å². The summed E-state index contributed by atoms with van der Waals surface area (Å²) in [6, 6.07) is 3.22. The highest BCUT2D eigenvalue weighted by molar-refractivity contribution is 5.83. The van der Waals surface area contributed by atoms with Crippen molar-refractivity contribution in [2.75, 3.05) is 0 Å². The third-order valence-electron chi connectivity index (χ3n) is 3.06. The lowest BCUT2D eigenvalue weighted by Gasteiger charge is -2.20. The van der Waals surface area contributed by atoms with Gasteiger partial charge in [0.15, 0.2) is 0 Å². The quantitative estimate of drug-likeness (QED) is 0.706. The molecule has 134 valence electrons. The fraction of sp³-hybridized carbons (Fsp3) is 0.438. The number of nitrogens with one attached hydrogen (secondary N) is 3. The minimum Gasteiger partial charge on any atom is -0.351 e. The highest BCUT2D eigenvalue weighted by Gasteiger charge is 2.15. The second kappa shape index (κ2) is 7.73. The molecule has 0 spiro atoms. The van der Waals surface area contributed by atoms with Crippen LogP contribution < -0.4 is 16.2 Å². The Morgan fingerprint density at radius 2 is 1.96 bits per heavy atom. The fourth-order valence-corrected chi connectivity index (χ4v) is 2.00. The summed E-state index contributed by atoms with van der Waals surface area (Å²) in [6.07, 6.45) is 1.65. The second-order valence-electron chi connectivity index (χ2n) is 6.50. The van der Waals surface area contributed by atoms with Gasteiger partial charge in [-0.2, -0.15) is 4.98 Å². The molecule has 0 bridgehead atoms. The first-order valence-corrected chi connectivity index (χ1v) is 7.83. The molecular formula is C16H21N5O4. The standard InChI is InChI=1S/C16H21N5O4/c1-16(2,3)20-12(23)7-6-11(22)18-9-13-19-14(21-25-13)10-5-4-8-17-15(10)24/h4-5,8H,6-7,9H2,1-3H3,(H,17,24)(H,18,22)(H,20,23). The topological polar surface area (TPSA) is 130 Å². The summed E-state index contributed by atoms with van der Waals surface area (Å²) in [4.78, 5) is 41.7. The van der Waals surface area contributed by atoms with E-state index in [9.17, 15) is 14.4 Å². The number of carbonyl (C=O) groups excluding carboxylic acids is 2. The van der Waals surface area contributed by atoms with Crippen LogP contribution in [0.4, 0.5) is 0 Å². The maximum atomic E-state index is 11.8. The number of carbonyl (C=O) groups is 2. The fourth-order valence-electron chi connectivity index (χ4n) is 2.00. The summed E-state index contributed by atoms with van der Waals surface area (Å²) in [7, 11) is 0. The van der Waals surface area contributed by atoms with Gasteiger partial charge in [-0.3, -0.25) is 14.4 Å². The molecule has 2 rings (SSSR count). The Hall–Kier alpha value is -2.97. The van der Waals surface area contributed by atoms with E-state index in [1.54, 1.807) is 12.1 Å². The van der Waals surface area contributed by atoms with E-state index in [-0.39, 0.29) is 59.6 Å². The molecule has 0 aliphatic rings. The van der Waals surface area contributed by atoms with E-state index in [0.717, 1.165) is 0 Å². The molecule has 2 aromatic rings. The van der Waals surface area contributed by atoms with Gasteiger partial charge in [-0.1, -0.05) is 5.16 Å². The van der Waals surface area contributed by atoms with Crippen molar-refractivity contribution in [1.29, 1.82) is 0 Å². The Morgan fingerprint density at radius 3 is 2.64 bits per heavy atom. The van der Waals surface area contributed by atoms with E-state index in [1.165, 1.54) is 6.20 Å². The predicted octanol–water partition coefficient (Wildman–Crippen LogP) is 0.736. The van der Waals surface area contributed by atoms with Crippen molar-refractivity contribution in [3.8, 4) is 11.4 Å². The van der Waals surface area contributed by atoms with Crippen molar-refractivity contribution in [2.45, 2.75) is 45.7 Å². The number of rotatable bonds is 6. The van der Waals surface area contributed by atoms with Crippen molar-refractivity contribution in [3.63, 3.8) is 0 Å². The molecule has 0 aliphatic carbocycles.